The van der Waals surface area contributed by atoms with E-state index in [0.29, 0.717) is 22.3 Å². The molecule has 0 unspecified atom stereocenters. The van der Waals surface area contributed by atoms with Gasteiger partial charge in [-0.2, -0.15) is 0 Å². The molecule has 1 aliphatic carbocycles. The van der Waals surface area contributed by atoms with Crippen LogP contribution in [0.4, 0.5) is 0 Å². The lowest BCUT2D eigenvalue weighted by Crippen LogP contribution is -2.54. The van der Waals surface area contributed by atoms with Crippen LogP contribution in [0.1, 0.15) is 33.4 Å². The maximum Gasteiger partial charge on any atom is 0.289 e. The first kappa shape index (κ1) is 28.1. The van der Waals surface area contributed by atoms with Crippen molar-refractivity contribution in [2.75, 3.05) is 0 Å². The molecule has 0 radical (unpaired) electrons. The van der Waals surface area contributed by atoms with Crippen LogP contribution in [-0.2, 0) is 20.7 Å². The number of rotatable bonds is 6. The molecule has 224 valence electrons. The maximum atomic E-state index is 13.2. The number of hydrogen-bond acceptors (Lipinski definition) is 4. The van der Waals surface area contributed by atoms with Crippen LogP contribution >= 0.6 is 0 Å². The third kappa shape index (κ3) is 4.30. The first-order valence-electron chi connectivity index (χ1n) is 15.5. The molecule has 46 heavy (non-hydrogen) atoms. The lowest BCUT2D eigenvalue weighted by molar-refractivity contribution is -0.110. The fourth-order valence-corrected chi connectivity index (χ4v) is 7.10. The fraction of sp³-hybridized carbons (Fsp3) is 0.0952. The molecule has 1 fully saturated rings. The molecule has 4 nitrogen and oxygen atoms in total. The summed E-state index contributed by atoms with van der Waals surface area (Å²) < 4.78 is 14.0. The minimum Gasteiger partial charge on any atom is -0.454 e. The van der Waals surface area contributed by atoms with Crippen molar-refractivity contribution in [2.45, 2.75) is 23.4 Å². The second kappa shape index (κ2) is 11.2. The van der Waals surface area contributed by atoms with Gasteiger partial charge in [-0.25, -0.2) is 0 Å². The summed E-state index contributed by atoms with van der Waals surface area (Å²) in [5, 5.41) is 26.4. The van der Waals surface area contributed by atoms with Crippen LogP contribution in [0.25, 0.3) is 16.7 Å². The highest BCUT2D eigenvalue weighted by atomic mass is 16.7. The van der Waals surface area contributed by atoms with Crippen LogP contribution < -0.4 is 0 Å². The van der Waals surface area contributed by atoms with E-state index in [2.05, 4.69) is 24.3 Å². The van der Waals surface area contributed by atoms with Crippen molar-refractivity contribution in [3.8, 4) is 11.1 Å². The van der Waals surface area contributed by atoms with E-state index in [4.69, 9.17) is 9.47 Å². The van der Waals surface area contributed by atoms with Crippen LogP contribution in [0.15, 0.2) is 176 Å². The van der Waals surface area contributed by atoms with Crippen LogP contribution in [0.3, 0.4) is 0 Å². The van der Waals surface area contributed by atoms with Crippen molar-refractivity contribution < 1.29 is 19.7 Å². The second-order valence-electron chi connectivity index (χ2n) is 11.8. The van der Waals surface area contributed by atoms with E-state index in [1.165, 1.54) is 0 Å². The Balaban J connectivity index is 1.42. The van der Waals surface area contributed by atoms with E-state index in [-0.39, 0.29) is 5.95 Å². The van der Waals surface area contributed by atoms with E-state index >= 15 is 0 Å². The van der Waals surface area contributed by atoms with E-state index in [9.17, 15) is 10.2 Å². The van der Waals surface area contributed by atoms with Crippen LogP contribution in [0, 0.1) is 0 Å². The number of aliphatic hydroxyl groups is 2. The zero-order valence-corrected chi connectivity index (χ0v) is 25.0. The Morgan fingerprint density at radius 2 is 0.609 bits per heavy atom. The van der Waals surface area contributed by atoms with Gasteiger partial charge in [-0.15, -0.1) is 0 Å². The highest BCUT2D eigenvalue weighted by Crippen LogP contribution is 2.53. The van der Waals surface area contributed by atoms with Crippen molar-refractivity contribution in [3.05, 3.63) is 209 Å². The largest absolute Gasteiger partial charge is 0.454 e. The van der Waals surface area contributed by atoms with Gasteiger partial charge in [0.1, 0.15) is 0 Å². The molecule has 0 bridgehead atoms. The minimum absolute atomic E-state index is 0.267. The molecule has 4 heteroatoms. The number of benzene rings is 6. The average molecular weight is 601 g/mol. The second-order valence-corrected chi connectivity index (χ2v) is 11.8. The minimum atomic E-state index is -1.72. The summed E-state index contributed by atoms with van der Waals surface area (Å²) in [5.74, 6) is 0.267. The van der Waals surface area contributed by atoms with Gasteiger partial charge in [0, 0.05) is 0 Å². The van der Waals surface area contributed by atoms with Crippen LogP contribution in [0.5, 0.6) is 0 Å². The van der Waals surface area contributed by atoms with Crippen molar-refractivity contribution >= 4 is 5.57 Å². The third-order valence-electron chi connectivity index (χ3n) is 9.31. The predicted molar refractivity (Wildman–Crippen MR) is 179 cm³/mol. The quantitative estimate of drug-likeness (QED) is 0.203. The Bertz CT molecular complexity index is 1800. The van der Waals surface area contributed by atoms with E-state index in [0.717, 1.165) is 27.8 Å². The fourth-order valence-electron chi connectivity index (χ4n) is 7.10. The van der Waals surface area contributed by atoms with Gasteiger partial charge in [-0.05, 0) is 44.5 Å². The summed E-state index contributed by atoms with van der Waals surface area (Å²) in [7, 11) is 0. The van der Waals surface area contributed by atoms with E-state index in [1.807, 2.05) is 146 Å². The monoisotopic (exact) mass is 600 g/mol. The lowest BCUT2D eigenvalue weighted by atomic mass is 9.72. The van der Waals surface area contributed by atoms with Gasteiger partial charge in [-0.3, -0.25) is 0 Å². The summed E-state index contributed by atoms with van der Waals surface area (Å²) in [6, 6.07) is 54.4. The van der Waals surface area contributed by atoms with Crippen molar-refractivity contribution in [1.29, 1.82) is 0 Å². The molecular formula is C42H32O4. The van der Waals surface area contributed by atoms with E-state index < -0.39 is 23.4 Å². The molecule has 2 aliphatic rings. The smallest absolute Gasteiger partial charge is 0.289 e. The van der Waals surface area contributed by atoms with Gasteiger partial charge >= 0.3 is 0 Å². The number of ether oxygens (including phenoxy) is 2. The standard InChI is InChI=1S/C42H32O4/c43-41(29-17-5-1-6-18-29,30-19-7-2-8-20-30)38-39(42(44,31-21-9-3-10-22-31)32-23-11-4-12-24-32)46-40(45-38)37-35-27-15-13-25-33(35)34-26-14-16-28-36(34)37/h1-28,38-39,43-44H/t38-,39-/m1/s1. The highest BCUT2D eigenvalue weighted by Gasteiger charge is 2.60. The molecule has 0 amide bonds. The molecule has 2 atom stereocenters. The normalized spacial score (nSPS) is 17.2. The molecule has 1 saturated heterocycles. The average Bonchev–Trinajstić information content (AvgIpc) is 3.73. The molecule has 6 aromatic carbocycles. The summed E-state index contributed by atoms with van der Waals surface area (Å²) >= 11 is 0. The van der Waals surface area contributed by atoms with Gasteiger partial charge < -0.3 is 19.7 Å². The Morgan fingerprint density at radius 1 is 0.348 bits per heavy atom. The third-order valence-corrected chi connectivity index (χ3v) is 9.31. The molecule has 2 N–H and O–H groups in total. The van der Waals surface area contributed by atoms with Crippen molar-refractivity contribution in [2.24, 2.45) is 0 Å². The molecule has 6 aromatic rings. The molecule has 1 heterocycles. The summed E-state index contributed by atoms with van der Waals surface area (Å²) in [5.41, 5.74) is 3.98. The zero-order chi connectivity index (χ0) is 31.1. The SMILES string of the molecule is OC(c1ccccc1)(c1ccccc1)[C@@H]1OC(=C2c3ccccc3-c3ccccc32)O[C@H]1C(O)(c1ccccc1)c1ccccc1. The summed E-state index contributed by atoms with van der Waals surface area (Å²) in [6.07, 6.45) is -2.16. The Hall–Kier alpha value is -5.42. The molecule has 0 saturated carbocycles. The van der Waals surface area contributed by atoms with Gasteiger partial charge in [0.15, 0.2) is 23.4 Å². The maximum absolute atomic E-state index is 13.2. The topological polar surface area (TPSA) is 58.9 Å². The lowest BCUT2D eigenvalue weighted by Gasteiger charge is -2.41. The molecule has 0 aromatic heterocycles. The molecule has 0 spiro atoms. The molecule has 8 rings (SSSR count). The van der Waals surface area contributed by atoms with Gasteiger partial charge in [0.2, 0.25) is 0 Å². The van der Waals surface area contributed by atoms with Crippen LogP contribution in [-0.4, -0.2) is 22.4 Å². The van der Waals surface area contributed by atoms with Crippen LogP contribution in [0.2, 0.25) is 0 Å². The Labute approximate surface area is 268 Å². The first-order valence-corrected chi connectivity index (χ1v) is 15.5. The summed E-state index contributed by atoms with van der Waals surface area (Å²) in [6.45, 7) is 0. The van der Waals surface area contributed by atoms with E-state index in [1.54, 1.807) is 0 Å². The van der Waals surface area contributed by atoms with Crippen molar-refractivity contribution in [1.82, 2.24) is 0 Å². The van der Waals surface area contributed by atoms with Crippen molar-refractivity contribution in [3.63, 3.8) is 0 Å². The Morgan fingerprint density at radius 3 is 0.913 bits per heavy atom. The zero-order valence-electron chi connectivity index (χ0n) is 25.0. The first-order chi connectivity index (χ1) is 22.6. The number of fused-ring (bicyclic) bond motifs is 3. The summed E-state index contributed by atoms with van der Waals surface area (Å²) in [4.78, 5) is 0. The number of hydrogen-bond donors (Lipinski definition) is 2. The molecular weight excluding hydrogens is 568 g/mol. The predicted octanol–water partition coefficient (Wildman–Crippen LogP) is 8.04. The highest BCUT2D eigenvalue weighted by molar-refractivity contribution is 6.01. The molecule has 1 aliphatic heterocycles. The Kier molecular flexibility index (Phi) is 6.83. The van der Waals surface area contributed by atoms with Gasteiger partial charge in [0.05, 0.1) is 5.57 Å². The van der Waals surface area contributed by atoms with Gasteiger partial charge in [0.25, 0.3) is 5.95 Å². The van der Waals surface area contributed by atoms with Gasteiger partial charge in [-0.1, -0.05) is 170 Å².